The standard InChI is InChI=1S/C22H14FN5O2/c23-19-9-5-4-8-17(19)20-11-10-16(30-20)12-25-27-14-24-21-18(22(27)29)13-26-28(21)15-6-2-1-3-7-15/h1-14H/b25-12-. The lowest BCUT2D eigenvalue weighted by Crippen LogP contribution is -2.17. The third kappa shape index (κ3) is 3.10. The Morgan fingerprint density at radius 1 is 1.00 bits per heavy atom. The van der Waals surface area contributed by atoms with Crippen LogP contribution in [0.2, 0.25) is 0 Å². The van der Waals surface area contributed by atoms with E-state index in [4.69, 9.17) is 4.42 Å². The Morgan fingerprint density at radius 3 is 2.63 bits per heavy atom. The minimum atomic E-state index is -0.378. The first-order valence-electron chi connectivity index (χ1n) is 9.10. The molecule has 0 fully saturated rings. The van der Waals surface area contributed by atoms with E-state index in [-0.39, 0.29) is 11.4 Å². The van der Waals surface area contributed by atoms with Crippen molar-refractivity contribution in [1.29, 1.82) is 0 Å². The van der Waals surface area contributed by atoms with Gasteiger partial charge < -0.3 is 4.42 Å². The number of nitrogens with zero attached hydrogens (tertiary/aromatic N) is 5. The zero-order chi connectivity index (χ0) is 20.5. The number of benzene rings is 2. The fourth-order valence-corrected chi connectivity index (χ4v) is 3.09. The van der Waals surface area contributed by atoms with Gasteiger partial charge in [0, 0.05) is 0 Å². The fraction of sp³-hybridized carbons (Fsp3) is 0. The molecule has 0 radical (unpaired) electrons. The van der Waals surface area contributed by atoms with E-state index in [9.17, 15) is 9.18 Å². The van der Waals surface area contributed by atoms with E-state index < -0.39 is 0 Å². The van der Waals surface area contributed by atoms with E-state index in [0.29, 0.717) is 28.1 Å². The van der Waals surface area contributed by atoms with Gasteiger partial charge in [-0.15, -0.1) is 0 Å². The summed E-state index contributed by atoms with van der Waals surface area (Å²) in [6.07, 6.45) is 4.16. The molecular formula is C22H14FN5O2. The Kier molecular flexibility index (Phi) is 4.29. The average Bonchev–Trinajstić information content (AvgIpc) is 3.42. The van der Waals surface area contributed by atoms with Gasteiger partial charge in [0.1, 0.15) is 29.1 Å². The lowest BCUT2D eigenvalue weighted by Gasteiger charge is -2.02. The van der Waals surface area contributed by atoms with E-state index in [0.717, 1.165) is 10.4 Å². The first-order chi connectivity index (χ1) is 14.7. The SMILES string of the molecule is O=c1c2cnn(-c3ccccc3)c2ncn1/N=C\c1ccc(-c2ccccc2F)o1. The van der Waals surface area contributed by atoms with E-state index in [1.54, 1.807) is 35.0 Å². The van der Waals surface area contributed by atoms with Gasteiger partial charge in [0.15, 0.2) is 5.65 Å². The summed E-state index contributed by atoms with van der Waals surface area (Å²) in [4.78, 5) is 17.1. The summed E-state index contributed by atoms with van der Waals surface area (Å²) in [7, 11) is 0. The van der Waals surface area contributed by atoms with Crippen molar-refractivity contribution in [3.05, 3.63) is 101 Å². The van der Waals surface area contributed by atoms with Crippen LogP contribution in [0, 0.1) is 5.82 Å². The third-order valence-electron chi connectivity index (χ3n) is 4.55. The summed E-state index contributed by atoms with van der Waals surface area (Å²) < 4.78 is 22.2. The average molecular weight is 399 g/mol. The van der Waals surface area contributed by atoms with Crippen molar-refractivity contribution in [2.45, 2.75) is 0 Å². The van der Waals surface area contributed by atoms with Gasteiger partial charge in [-0.25, -0.2) is 14.1 Å². The molecule has 3 heterocycles. The highest BCUT2D eigenvalue weighted by atomic mass is 19.1. The van der Waals surface area contributed by atoms with Crippen LogP contribution >= 0.6 is 0 Å². The fourth-order valence-electron chi connectivity index (χ4n) is 3.09. The number of hydrogen-bond donors (Lipinski definition) is 0. The monoisotopic (exact) mass is 399 g/mol. The Bertz CT molecular complexity index is 1430. The van der Waals surface area contributed by atoms with Crippen molar-refractivity contribution in [1.82, 2.24) is 19.4 Å². The van der Waals surface area contributed by atoms with Gasteiger partial charge in [-0.1, -0.05) is 30.3 Å². The molecule has 8 heteroatoms. The first-order valence-corrected chi connectivity index (χ1v) is 9.10. The lowest BCUT2D eigenvalue weighted by atomic mass is 10.1. The van der Waals surface area contributed by atoms with Crippen molar-refractivity contribution in [2.24, 2.45) is 5.10 Å². The Morgan fingerprint density at radius 2 is 1.80 bits per heavy atom. The largest absolute Gasteiger partial charge is 0.455 e. The van der Waals surface area contributed by atoms with Crippen LogP contribution in [-0.4, -0.2) is 25.7 Å². The molecule has 0 N–H and O–H groups in total. The van der Waals surface area contributed by atoms with Crippen LogP contribution in [-0.2, 0) is 0 Å². The molecule has 0 aliphatic heterocycles. The highest BCUT2D eigenvalue weighted by Crippen LogP contribution is 2.24. The molecule has 0 spiro atoms. The molecule has 0 saturated heterocycles. The maximum atomic E-state index is 13.9. The van der Waals surface area contributed by atoms with Gasteiger partial charge in [0.05, 0.1) is 23.7 Å². The van der Waals surface area contributed by atoms with Crippen LogP contribution < -0.4 is 5.56 Å². The number of halogens is 1. The highest BCUT2D eigenvalue weighted by molar-refractivity contribution is 5.78. The van der Waals surface area contributed by atoms with Crippen LogP contribution in [0.3, 0.4) is 0 Å². The van der Waals surface area contributed by atoms with Crippen molar-refractivity contribution in [3.63, 3.8) is 0 Å². The smallest absolute Gasteiger partial charge is 0.285 e. The molecule has 0 amide bonds. The normalized spacial score (nSPS) is 11.5. The molecule has 0 atom stereocenters. The minimum absolute atomic E-state index is 0.338. The van der Waals surface area contributed by atoms with E-state index in [1.165, 1.54) is 24.8 Å². The molecule has 5 rings (SSSR count). The second-order valence-electron chi connectivity index (χ2n) is 6.45. The molecule has 0 aliphatic carbocycles. The molecule has 5 aromatic rings. The first kappa shape index (κ1) is 17.7. The van der Waals surface area contributed by atoms with Gasteiger partial charge in [-0.05, 0) is 36.4 Å². The zero-order valence-electron chi connectivity index (χ0n) is 15.5. The van der Waals surface area contributed by atoms with Gasteiger partial charge in [-0.2, -0.15) is 14.9 Å². The molecule has 0 aliphatic rings. The number of hydrogen-bond acceptors (Lipinski definition) is 5. The second-order valence-corrected chi connectivity index (χ2v) is 6.45. The quantitative estimate of drug-likeness (QED) is 0.430. The van der Waals surface area contributed by atoms with Crippen molar-refractivity contribution in [2.75, 3.05) is 0 Å². The maximum Gasteiger partial charge on any atom is 0.285 e. The molecular weight excluding hydrogens is 385 g/mol. The predicted octanol–water partition coefficient (Wildman–Crippen LogP) is 3.86. The molecule has 2 aromatic carbocycles. The van der Waals surface area contributed by atoms with Crippen LogP contribution in [0.15, 0.2) is 93.6 Å². The summed E-state index contributed by atoms with van der Waals surface area (Å²) in [5, 5.41) is 8.73. The van der Waals surface area contributed by atoms with Gasteiger partial charge in [0.2, 0.25) is 0 Å². The molecule has 0 bridgehead atoms. The van der Waals surface area contributed by atoms with Crippen molar-refractivity contribution in [3.8, 4) is 17.0 Å². The summed E-state index contributed by atoms with van der Waals surface area (Å²) in [6, 6.07) is 19.0. The number of rotatable bonds is 4. The Labute approximate surface area is 169 Å². The van der Waals surface area contributed by atoms with Gasteiger partial charge in [-0.3, -0.25) is 4.79 Å². The minimum Gasteiger partial charge on any atom is -0.455 e. The van der Waals surface area contributed by atoms with E-state index >= 15 is 0 Å². The molecule has 146 valence electrons. The number of furan rings is 1. The topological polar surface area (TPSA) is 78.2 Å². The van der Waals surface area contributed by atoms with Crippen molar-refractivity contribution >= 4 is 17.2 Å². The lowest BCUT2D eigenvalue weighted by molar-refractivity contribution is 0.563. The van der Waals surface area contributed by atoms with E-state index in [2.05, 4.69) is 15.2 Å². The summed E-state index contributed by atoms with van der Waals surface area (Å²) >= 11 is 0. The molecule has 7 nitrogen and oxygen atoms in total. The zero-order valence-corrected chi connectivity index (χ0v) is 15.5. The third-order valence-corrected chi connectivity index (χ3v) is 4.55. The molecule has 30 heavy (non-hydrogen) atoms. The predicted molar refractivity (Wildman–Crippen MR) is 110 cm³/mol. The number of aromatic nitrogens is 4. The van der Waals surface area contributed by atoms with Crippen LogP contribution in [0.1, 0.15) is 5.76 Å². The Balaban J connectivity index is 1.47. The Hall–Kier alpha value is -4.33. The summed E-state index contributed by atoms with van der Waals surface area (Å²) in [5.74, 6) is 0.372. The maximum absolute atomic E-state index is 13.9. The van der Waals surface area contributed by atoms with Crippen LogP contribution in [0.4, 0.5) is 4.39 Å². The molecule has 0 saturated carbocycles. The number of fused-ring (bicyclic) bond motifs is 1. The van der Waals surface area contributed by atoms with Crippen LogP contribution in [0.25, 0.3) is 28.0 Å². The second kappa shape index (κ2) is 7.25. The highest BCUT2D eigenvalue weighted by Gasteiger charge is 2.11. The van der Waals surface area contributed by atoms with Gasteiger partial charge >= 0.3 is 0 Å². The van der Waals surface area contributed by atoms with Crippen LogP contribution in [0.5, 0.6) is 0 Å². The number of para-hydroxylation sites is 1. The van der Waals surface area contributed by atoms with Crippen molar-refractivity contribution < 1.29 is 8.81 Å². The summed E-state index contributed by atoms with van der Waals surface area (Å²) in [6.45, 7) is 0. The van der Waals surface area contributed by atoms with E-state index in [1.807, 2.05) is 30.3 Å². The molecule has 3 aromatic heterocycles. The van der Waals surface area contributed by atoms with Gasteiger partial charge in [0.25, 0.3) is 5.56 Å². The summed E-state index contributed by atoms with van der Waals surface area (Å²) in [5.41, 5.74) is 1.24. The molecule has 0 unspecified atom stereocenters.